The van der Waals surface area contributed by atoms with Crippen LogP contribution in [0.3, 0.4) is 0 Å². The molecule has 1 heterocycles. The molecule has 1 aromatic heterocycles. The molecule has 0 atom stereocenters. The van der Waals surface area contributed by atoms with Gasteiger partial charge in [-0.05, 0) is 49.7 Å². The predicted molar refractivity (Wildman–Crippen MR) is 109 cm³/mol. The molecule has 0 aliphatic carbocycles. The molecular weight excluding hydrogens is 400 g/mol. The van der Waals surface area contributed by atoms with Gasteiger partial charge in [-0.25, -0.2) is 0 Å². The molecule has 1 amide bonds. The summed E-state index contributed by atoms with van der Waals surface area (Å²) in [6, 6.07) is 12.5. The summed E-state index contributed by atoms with van der Waals surface area (Å²) in [5.41, 5.74) is 1.86. The second-order valence-electron chi connectivity index (χ2n) is 5.95. The minimum Gasteiger partial charge on any atom is -0.484 e. The summed E-state index contributed by atoms with van der Waals surface area (Å²) in [4.78, 5) is 29.0. The van der Waals surface area contributed by atoms with Crippen LogP contribution in [0, 0.1) is 6.92 Å². The van der Waals surface area contributed by atoms with Gasteiger partial charge >= 0.3 is 5.97 Å². The number of esters is 1. The second-order valence-corrected chi connectivity index (χ2v) is 7.39. The van der Waals surface area contributed by atoms with Gasteiger partial charge in [0, 0.05) is 5.02 Å². The molecule has 0 unspecified atom stereocenters. The maximum Gasteiger partial charge on any atom is 0.326 e. The zero-order chi connectivity index (χ0) is 20.1. The number of hydrogen-bond acceptors (Lipinski definition) is 5. The highest BCUT2D eigenvalue weighted by molar-refractivity contribution is 7.16. The van der Waals surface area contributed by atoms with Gasteiger partial charge in [-0.3, -0.25) is 9.59 Å². The van der Waals surface area contributed by atoms with Gasteiger partial charge in [0.05, 0.1) is 16.8 Å². The lowest BCUT2D eigenvalue weighted by Gasteiger charge is -2.07. The molecule has 3 rings (SSSR count). The predicted octanol–water partition coefficient (Wildman–Crippen LogP) is 3.73. The van der Waals surface area contributed by atoms with E-state index in [9.17, 15) is 9.59 Å². The lowest BCUT2D eigenvalue weighted by molar-refractivity contribution is -0.143. The minimum atomic E-state index is -0.447. The molecule has 0 saturated heterocycles. The molecule has 0 aliphatic heterocycles. The summed E-state index contributed by atoms with van der Waals surface area (Å²) >= 11 is 7.18. The summed E-state index contributed by atoms with van der Waals surface area (Å²) in [5.74, 6) is -0.298. The third kappa shape index (κ3) is 4.79. The van der Waals surface area contributed by atoms with Crippen LogP contribution in [0.2, 0.25) is 5.02 Å². The Morgan fingerprint density at radius 1 is 1.18 bits per heavy atom. The number of amides is 1. The molecule has 0 aliphatic rings. The van der Waals surface area contributed by atoms with Crippen LogP contribution in [0.4, 0.5) is 0 Å². The Bertz CT molecular complexity index is 1070. The van der Waals surface area contributed by atoms with Crippen LogP contribution in [-0.4, -0.2) is 29.7 Å². The standard InChI is InChI=1S/C20H19ClN2O4S/c1-3-26-18(25)11-23-19-13(2)5-4-6-16(19)28-20(23)22-17(24)12-27-15-9-7-14(21)8-10-15/h4-10H,3,11-12H2,1-2H3. The number of hydrogen-bond donors (Lipinski definition) is 0. The van der Waals surface area contributed by atoms with Gasteiger partial charge in [0.1, 0.15) is 12.3 Å². The van der Waals surface area contributed by atoms with E-state index in [1.54, 1.807) is 35.8 Å². The van der Waals surface area contributed by atoms with Gasteiger partial charge < -0.3 is 14.0 Å². The Balaban J connectivity index is 1.89. The minimum absolute atomic E-state index is 0.0111. The van der Waals surface area contributed by atoms with Crippen molar-refractivity contribution < 1.29 is 19.1 Å². The first-order valence-corrected chi connectivity index (χ1v) is 9.88. The number of carbonyl (C=O) groups is 2. The number of carbonyl (C=O) groups excluding carboxylic acids is 2. The number of aryl methyl sites for hydroxylation is 1. The highest BCUT2D eigenvalue weighted by Crippen LogP contribution is 2.21. The highest BCUT2D eigenvalue weighted by atomic mass is 35.5. The van der Waals surface area contributed by atoms with E-state index >= 15 is 0 Å². The molecule has 0 N–H and O–H groups in total. The largest absolute Gasteiger partial charge is 0.484 e. The molecule has 0 saturated carbocycles. The van der Waals surface area contributed by atoms with Crippen molar-refractivity contribution in [1.82, 2.24) is 4.57 Å². The van der Waals surface area contributed by atoms with Gasteiger partial charge in [-0.15, -0.1) is 0 Å². The van der Waals surface area contributed by atoms with Crippen molar-refractivity contribution in [3.05, 3.63) is 57.9 Å². The zero-order valence-electron chi connectivity index (χ0n) is 15.5. The number of fused-ring (bicyclic) bond motifs is 1. The summed E-state index contributed by atoms with van der Waals surface area (Å²) < 4.78 is 13.2. The molecule has 3 aromatic rings. The average molecular weight is 419 g/mol. The number of halogens is 1. The third-order valence-corrected chi connectivity index (χ3v) is 5.19. The summed E-state index contributed by atoms with van der Waals surface area (Å²) in [7, 11) is 0. The van der Waals surface area contributed by atoms with Crippen molar-refractivity contribution in [3.8, 4) is 5.75 Å². The fourth-order valence-corrected chi connectivity index (χ4v) is 3.94. The maximum atomic E-state index is 12.3. The Kier molecular flexibility index (Phi) is 6.49. The quantitative estimate of drug-likeness (QED) is 0.572. The number of thiazole rings is 1. The maximum absolute atomic E-state index is 12.3. The molecule has 146 valence electrons. The molecule has 0 radical (unpaired) electrons. The van der Waals surface area contributed by atoms with Crippen molar-refractivity contribution in [3.63, 3.8) is 0 Å². The van der Waals surface area contributed by atoms with Crippen LogP contribution in [-0.2, 0) is 20.9 Å². The van der Waals surface area contributed by atoms with Crippen LogP contribution in [0.25, 0.3) is 10.2 Å². The molecule has 0 spiro atoms. The van der Waals surface area contributed by atoms with E-state index in [0.717, 1.165) is 15.8 Å². The lowest BCUT2D eigenvalue weighted by Crippen LogP contribution is -2.24. The van der Waals surface area contributed by atoms with E-state index in [-0.39, 0.29) is 19.1 Å². The van der Waals surface area contributed by atoms with E-state index in [1.165, 1.54) is 11.3 Å². The van der Waals surface area contributed by atoms with Crippen molar-refractivity contribution in [2.45, 2.75) is 20.4 Å². The second kappa shape index (κ2) is 9.03. The zero-order valence-corrected chi connectivity index (χ0v) is 17.0. The molecule has 2 aromatic carbocycles. The number of aromatic nitrogens is 1. The smallest absolute Gasteiger partial charge is 0.326 e. The van der Waals surface area contributed by atoms with Crippen molar-refractivity contribution in [1.29, 1.82) is 0 Å². The molecule has 8 heteroatoms. The van der Waals surface area contributed by atoms with Gasteiger partial charge in [0.15, 0.2) is 11.4 Å². The Labute approximate surface area is 171 Å². The first-order chi connectivity index (χ1) is 13.5. The number of para-hydroxylation sites is 1. The van der Waals surface area contributed by atoms with E-state index in [0.29, 0.717) is 22.2 Å². The normalized spacial score (nSPS) is 11.6. The Morgan fingerprint density at radius 3 is 2.64 bits per heavy atom. The van der Waals surface area contributed by atoms with Crippen molar-refractivity contribution >= 4 is 45.0 Å². The number of rotatable bonds is 6. The van der Waals surface area contributed by atoms with Crippen LogP contribution in [0.5, 0.6) is 5.75 Å². The first kappa shape index (κ1) is 20.1. The topological polar surface area (TPSA) is 69.9 Å². The first-order valence-electron chi connectivity index (χ1n) is 8.68. The number of nitrogens with zero attached hydrogens (tertiary/aromatic N) is 2. The molecule has 6 nitrogen and oxygen atoms in total. The van der Waals surface area contributed by atoms with Crippen LogP contribution in [0.1, 0.15) is 12.5 Å². The van der Waals surface area contributed by atoms with Gasteiger partial charge in [-0.1, -0.05) is 35.1 Å². The fraction of sp³-hybridized carbons (Fsp3) is 0.250. The summed E-state index contributed by atoms with van der Waals surface area (Å²) in [5, 5.41) is 0.587. The lowest BCUT2D eigenvalue weighted by atomic mass is 10.2. The summed E-state index contributed by atoms with van der Waals surface area (Å²) in [6.45, 7) is 3.77. The Hall–Kier alpha value is -2.64. The monoisotopic (exact) mass is 418 g/mol. The van der Waals surface area contributed by atoms with E-state index in [1.807, 2.05) is 25.1 Å². The fourth-order valence-electron chi connectivity index (χ4n) is 2.69. The number of ether oxygens (including phenoxy) is 2. The molecular formula is C20H19ClN2O4S. The average Bonchev–Trinajstić information content (AvgIpc) is 2.99. The molecule has 0 bridgehead atoms. The molecule has 28 heavy (non-hydrogen) atoms. The third-order valence-electron chi connectivity index (χ3n) is 3.89. The SMILES string of the molecule is CCOC(=O)Cn1c(=NC(=O)COc2ccc(Cl)cc2)sc2cccc(C)c21. The Morgan fingerprint density at radius 2 is 1.93 bits per heavy atom. The summed E-state index contributed by atoms with van der Waals surface area (Å²) in [6.07, 6.45) is 0. The van der Waals surface area contributed by atoms with E-state index in [4.69, 9.17) is 21.1 Å². The van der Waals surface area contributed by atoms with Gasteiger partial charge in [-0.2, -0.15) is 4.99 Å². The van der Waals surface area contributed by atoms with Crippen LogP contribution in [0.15, 0.2) is 47.5 Å². The molecule has 0 fully saturated rings. The van der Waals surface area contributed by atoms with Crippen molar-refractivity contribution in [2.24, 2.45) is 4.99 Å². The van der Waals surface area contributed by atoms with Crippen LogP contribution < -0.4 is 9.54 Å². The van der Waals surface area contributed by atoms with E-state index in [2.05, 4.69) is 4.99 Å². The van der Waals surface area contributed by atoms with Crippen molar-refractivity contribution in [2.75, 3.05) is 13.2 Å². The number of benzene rings is 2. The van der Waals surface area contributed by atoms with Gasteiger partial charge in [0.2, 0.25) is 0 Å². The van der Waals surface area contributed by atoms with Gasteiger partial charge in [0.25, 0.3) is 5.91 Å². The van der Waals surface area contributed by atoms with Crippen LogP contribution >= 0.6 is 22.9 Å². The highest BCUT2D eigenvalue weighted by Gasteiger charge is 2.14. The van der Waals surface area contributed by atoms with E-state index < -0.39 is 5.91 Å².